The molecule has 0 unspecified atom stereocenters. The second kappa shape index (κ2) is 9.56. The summed E-state index contributed by atoms with van der Waals surface area (Å²) in [6.07, 6.45) is 4.84. The van der Waals surface area contributed by atoms with Gasteiger partial charge in [0.05, 0.1) is 17.6 Å². The lowest BCUT2D eigenvalue weighted by molar-refractivity contribution is 0.748. The van der Waals surface area contributed by atoms with Gasteiger partial charge in [0, 0.05) is 5.70 Å². The first kappa shape index (κ1) is 19.7. The Morgan fingerprint density at radius 3 is 2.27 bits per heavy atom. The number of rotatable bonds is 3. The molecule has 0 radical (unpaired) electrons. The lowest BCUT2D eigenvalue weighted by Crippen LogP contribution is -2.07. The van der Waals surface area contributed by atoms with Gasteiger partial charge in [-0.1, -0.05) is 27.7 Å². The van der Waals surface area contributed by atoms with E-state index in [1.165, 1.54) is 12.4 Å². The maximum absolute atomic E-state index is 8.54. The topological polar surface area (TPSA) is 102 Å². The molecule has 1 rings (SSSR count). The van der Waals surface area contributed by atoms with Crippen molar-refractivity contribution in [3.05, 3.63) is 46.8 Å². The minimum Gasteiger partial charge on any atom is -0.405 e. The predicted octanol–water partition coefficient (Wildman–Crippen LogP) is 3.13. The first-order valence-corrected chi connectivity index (χ1v) is 7.32. The molecule has 22 heavy (non-hydrogen) atoms. The van der Waals surface area contributed by atoms with Crippen LogP contribution in [0.4, 0.5) is 0 Å². The Kier molecular flexibility index (Phi) is 8.54. The number of nitrogens with zero attached hydrogens (tertiary/aromatic N) is 3. The van der Waals surface area contributed by atoms with Gasteiger partial charge in [0.15, 0.2) is 5.69 Å². The summed E-state index contributed by atoms with van der Waals surface area (Å²) in [6, 6.07) is 1.96. The number of allylic oxidation sites excluding steroid dienone is 3. The van der Waals surface area contributed by atoms with Crippen LogP contribution in [0.25, 0.3) is 0 Å². The summed E-state index contributed by atoms with van der Waals surface area (Å²) in [5.74, 6) is 0.765. The standard InChI is InChI=1S/C9H11N3.C8H16N2/c1-6(2)9-7(3)12-8(4-10)5-11-9;1-6(2)8(10)7(3)4-5-9/h5-6H,1-3H3;4-6H,9-10H2,1-3H3/b;5-4-,8-7-. The fraction of sp³-hybridized carbons (Fsp3) is 0.471. The smallest absolute Gasteiger partial charge is 0.159 e. The molecule has 0 aromatic carbocycles. The van der Waals surface area contributed by atoms with Crippen LogP contribution in [-0.2, 0) is 0 Å². The minimum atomic E-state index is 0.366. The monoisotopic (exact) mass is 301 g/mol. The van der Waals surface area contributed by atoms with Crippen LogP contribution in [0.5, 0.6) is 0 Å². The zero-order valence-electron chi connectivity index (χ0n) is 14.4. The van der Waals surface area contributed by atoms with Crippen LogP contribution < -0.4 is 11.5 Å². The molecular formula is C17H27N5. The van der Waals surface area contributed by atoms with Crippen molar-refractivity contribution in [3.63, 3.8) is 0 Å². The van der Waals surface area contributed by atoms with Crippen molar-refractivity contribution in [2.24, 2.45) is 17.4 Å². The quantitative estimate of drug-likeness (QED) is 0.835. The highest BCUT2D eigenvalue weighted by Crippen LogP contribution is 2.13. The molecular weight excluding hydrogens is 274 g/mol. The lowest BCUT2D eigenvalue weighted by atomic mass is 10.1. The van der Waals surface area contributed by atoms with Crippen LogP contribution in [0.1, 0.15) is 57.6 Å². The second-order valence-corrected chi connectivity index (χ2v) is 5.64. The van der Waals surface area contributed by atoms with Gasteiger partial charge in [-0.15, -0.1) is 0 Å². The number of nitrogens with two attached hydrogens (primary N) is 2. The Bertz CT molecular complexity index is 577. The predicted molar refractivity (Wildman–Crippen MR) is 90.6 cm³/mol. The zero-order chi connectivity index (χ0) is 17.3. The third-order valence-electron chi connectivity index (χ3n) is 3.07. The first-order valence-electron chi connectivity index (χ1n) is 7.32. The van der Waals surface area contributed by atoms with Gasteiger partial charge in [0.25, 0.3) is 0 Å². The van der Waals surface area contributed by atoms with Crippen molar-refractivity contribution in [1.82, 2.24) is 9.97 Å². The van der Waals surface area contributed by atoms with E-state index in [-0.39, 0.29) is 0 Å². The van der Waals surface area contributed by atoms with E-state index in [0.717, 1.165) is 22.7 Å². The molecule has 0 aliphatic heterocycles. The van der Waals surface area contributed by atoms with Crippen LogP contribution in [0, 0.1) is 24.2 Å². The number of hydrogen-bond acceptors (Lipinski definition) is 5. The molecule has 0 spiro atoms. The van der Waals surface area contributed by atoms with Gasteiger partial charge < -0.3 is 11.5 Å². The van der Waals surface area contributed by atoms with Crippen molar-refractivity contribution in [2.45, 2.75) is 47.5 Å². The minimum absolute atomic E-state index is 0.366. The number of aromatic nitrogens is 2. The van der Waals surface area contributed by atoms with Crippen molar-refractivity contribution in [1.29, 1.82) is 5.26 Å². The molecule has 1 aromatic heterocycles. The first-order chi connectivity index (χ1) is 10.2. The summed E-state index contributed by atoms with van der Waals surface area (Å²) in [7, 11) is 0. The molecule has 1 aromatic rings. The van der Waals surface area contributed by atoms with Crippen LogP contribution >= 0.6 is 0 Å². The summed E-state index contributed by atoms with van der Waals surface area (Å²) in [5, 5.41) is 8.54. The fourth-order valence-corrected chi connectivity index (χ4v) is 1.81. The van der Waals surface area contributed by atoms with E-state index >= 15 is 0 Å². The lowest BCUT2D eigenvalue weighted by Gasteiger charge is -2.06. The number of aryl methyl sites for hydroxylation is 1. The van der Waals surface area contributed by atoms with E-state index in [4.69, 9.17) is 16.7 Å². The Morgan fingerprint density at radius 1 is 1.32 bits per heavy atom. The molecule has 5 heteroatoms. The van der Waals surface area contributed by atoms with E-state index in [9.17, 15) is 0 Å². The van der Waals surface area contributed by atoms with Crippen molar-refractivity contribution < 1.29 is 0 Å². The third kappa shape index (κ3) is 6.40. The van der Waals surface area contributed by atoms with Crippen molar-refractivity contribution in [3.8, 4) is 6.07 Å². The highest BCUT2D eigenvalue weighted by Gasteiger charge is 2.06. The van der Waals surface area contributed by atoms with Crippen molar-refractivity contribution in [2.75, 3.05) is 0 Å². The van der Waals surface area contributed by atoms with E-state index < -0.39 is 0 Å². The van der Waals surface area contributed by atoms with E-state index in [1.807, 2.05) is 26.0 Å². The number of hydrogen-bond donors (Lipinski definition) is 2. The molecule has 0 amide bonds. The van der Waals surface area contributed by atoms with Gasteiger partial charge in [-0.3, -0.25) is 4.98 Å². The van der Waals surface area contributed by atoms with Crippen molar-refractivity contribution >= 4 is 0 Å². The van der Waals surface area contributed by atoms with E-state index in [1.54, 1.807) is 0 Å². The maximum Gasteiger partial charge on any atom is 0.159 e. The van der Waals surface area contributed by atoms with Gasteiger partial charge in [0.1, 0.15) is 6.07 Å². The summed E-state index contributed by atoms with van der Waals surface area (Å²) < 4.78 is 0. The Hall–Kier alpha value is -2.35. The van der Waals surface area contributed by atoms with Gasteiger partial charge in [-0.05, 0) is 43.5 Å². The summed E-state index contributed by atoms with van der Waals surface area (Å²) in [5.41, 5.74) is 15.1. The van der Waals surface area contributed by atoms with Crippen LogP contribution in [-0.4, -0.2) is 9.97 Å². The highest BCUT2D eigenvalue weighted by molar-refractivity contribution is 5.23. The Labute approximate surface area is 133 Å². The van der Waals surface area contributed by atoms with Gasteiger partial charge >= 0.3 is 0 Å². The largest absolute Gasteiger partial charge is 0.405 e. The maximum atomic E-state index is 8.54. The van der Waals surface area contributed by atoms with Crippen LogP contribution in [0.15, 0.2) is 29.7 Å². The molecule has 0 atom stereocenters. The SMILES string of the molecule is CC(/C=C\N)=C(/N)C(C)C.Cc1nc(C#N)cnc1C(C)C. The molecule has 5 nitrogen and oxygen atoms in total. The van der Waals surface area contributed by atoms with E-state index in [0.29, 0.717) is 17.5 Å². The summed E-state index contributed by atoms with van der Waals surface area (Å²) in [4.78, 5) is 8.25. The van der Waals surface area contributed by atoms with Gasteiger partial charge in [-0.25, -0.2) is 4.98 Å². The molecule has 1 heterocycles. The normalized spacial score (nSPS) is 12.0. The molecule has 0 aliphatic carbocycles. The molecule has 0 saturated heterocycles. The zero-order valence-corrected chi connectivity index (χ0v) is 14.4. The summed E-state index contributed by atoms with van der Waals surface area (Å²) in [6.45, 7) is 12.1. The molecule has 0 fully saturated rings. The third-order valence-corrected chi connectivity index (χ3v) is 3.07. The molecule has 120 valence electrons. The van der Waals surface area contributed by atoms with Crippen LogP contribution in [0.3, 0.4) is 0 Å². The second-order valence-electron chi connectivity index (χ2n) is 5.64. The molecule has 0 saturated carbocycles. The average molecular weight is 301 g/mol. The molecule has 0 bridgehead atoms. The highest BCUT2D eigenvalue weighted by atomic mass is 14.8. The Morgan fingerprint density at radius 2 is 1.91 bits per heavy atom. The Balaban J connectivity index is 0.000000409. The van der Waals surface area contributed by atoms with E-state index in [2.05, 4.69) is 37.7 Å². The van der Waals surface area contributed by atoms with Gasteiger partial charge in [0.2, 0.25) is 0 Å². The summed E-state index contributed by atoms with van der Waals surface area (Å²) >= 11 is 0. The van der Waals surface area contributed by atoms with Gasteiger partial charge in [-0.2, -0.15) is 5.26 Å². The number of nitriles is 1. The van der Waals surface area contributed by atoms with Crippen LogP contribution in [0.2, 0.25) is 0 Å². The fourth-order valence-electron chi connectivity index (χ4n) is 1.81. The molecule has 0 aliphatic rings. The average Bonchev–Trinajstić information content (AvgIpc) is 2.46. The molecule has 4 N–H and O–H groups in total.